The van der Waals surface area contributed by atoms with E-state index in [-0.39, 0.29) is 6.04 Å². The van der Waals surface area contributed by atoms with Gasteiger partial charge in [-0.25, -0.2) is 0 Å². The van der Waals surface area contributed by atoms with E-state index >= 15 is 0 Å². The number of benzene rings is 1. The van der Waals surface area contributed by atoms with Crippen molar-refractivity contribution >= 4 is 66.4 Å². The van der Waals surface area contributed by atoms with Gasteiger partial charge in [0, 0.05) is 6.04 Å². The number of hydrogen-bond acceptors (Lipinski definition) is 2. The molecule has 20 heavy (non-hydrogen) atoms. The van der Waals surface area contributed by atoms with Crippen LogP contribution in [0.1, 0.15) is 24.1 Å². The summed E-state index contributed by atoms with van der Waals surface area (Å²) in [5, 5.41) is 4.75. The zero-order chi connectivity index (χ0) is 14.7. The predicted molar refractivity (Wildman–Crippen MR) is 96.3 cm³/mol. The van der Waals surface area contributed by atoms with E-state index in [4.69, 9.17) is 23.2 Å². The second-order valence-corrected chi connectivity index (χ2v) is 8.84. The Balaban J connectivity index is 2.30. The lowest BCUT2D eigenvalue weighted by molar-refractivity contribution is 0.550. The Kier molecular flexibility index (Phi) is 6.39. The van der Waals surface area contributed by atoms with Crippen molar-refractivity contribution in [1.82, 2.24) is 5.32 Å². The monoisotopic (exact) mass is 455 g/mol. The van der Waals surface area contributed by atoms with Crippen LogP contribution in [0.3, 0.4) is 0 Å². The van der Waals surface area contributed by atoms with E-state index < -0.39 is 0 Å². The van der Waals surface area contributed by atoms with Crippen molar-refractivity contribution in [3.05, 3.63) is 53.0 Å². The van der Waals surface area contributed by atoms with Crippen molar-refractivity contribution in [2.45, 2.75) is 19.4 Å². The zero-order valence-corrected chi connectivity index (χ0v) is 16.2. The molecule has 0 spiro atoms. The lowest BCUT2D eigenvalue weighted by Gasteiger charge is -2.18. The first-order valence-corrected chi connectivity index (χ1v) is 9.29. The summed E-state index contributed by atoms with van der Waals surface area (Å²) in [4.78, 5) is 0. The smallest absolute Gasteiger partial charge is 0.0758 e. The van der Waals surface area contributed by atoms with Gasteiger partial charge in [-0.1, -0.05) is 42.3 Å². The maximum atomic E-state index is 6.29. The SMILES string of the molecule is CCNC(Cc1cccc(Cl)c1Cl)c1cc(Br)sc1Br. The molecule has 2 aromatic rings. The molecule has 0 aliphatic rings. The highest BCUT2D eigenvalue weighted by atomic mass is 79.9. The molecule has 1 aromatic carbocycles. The fraction of sp³-hybridized carbons (Fsp3) is 0.286. The Bertz CT molecular complexity index is 601. The van der Waals surface area contributed by atoms with Crippen molar-refractivity contribution in [3.63, 3.8) is 0 Å². The highest BCUT2D eigenvalue weighted by Gasteiger charge is 2.18. The van der Waals surface area contributed by atoms with Gasteiger partial charge in [0.15, 0.2) is 0 Å². The maximum absolute atomic E-state index is 6.29. The lowest BCUT2D eigenvalue weighted by Crippen LogP contribution is -2.23. The number of hydrogen-bond donors (Lipinski definition) is 1. The van der Waals surface area contributed by atoms with E-state index in [1.54, 1.807) is 11.3 Å². The molecule has 1 nitrogen and oxygen atoms in total. The summed E-state index contributed by atoms with van der Waals surface area (Å²) >= 11 is 21.2. The van der Waals surface area contributed by atoms with Gasteiger partial charge in [0.1, 0.15) is 0 Å². The summed E-state index contributed by atoms with van der Waals surface area (Å²) in [6.45, 7) is 2.99. The van der Waals surface area contributed by atoms with Crippen LogP contribution in [0, 0.1) is 0 Å². The number of nitrogens with one attached hydrogen (secondary N) is 1. The molecule has 1 unspecified atom stereocenters. The summed E-state index contributed by atoms with van der Waals surface area (Å²) in [7, 11) is 0. The van der Waals surface area contributed by atoms with Crippen molar-refractivity contribution in [2.24, 2.45) is 0 Å². The molecule has 0 radical (unpaired) electrons. The minimum atomic E-state index is 0.202. The fourth-order valence-electron chi connectivity index (χ4n) is 2.06. The molecule has 0 aliphatic heterocycles. The summed E-state index contributed by atoms with van der Waals surface area (Å²) < 4.78 is 2.24. The van der Waals surface area contributed by atoms with E-state index in [1.165, 1.54) is 5.56 Å². The highest BCUT2D eigenvalue weighted by molar-refractivity contribution is 9.12. The molecule has 1 heterocycles. The Morgan fingerprint density at radius 2 is 2.05 bits per heavy atom. The predicted octanol–water partition coefficient (Wildman–Crippen LogP) is 6.47. The summed E-state index contributed by atoms with van der Waals surface area (Å²) in [5.41, 5.74) is 2.29. The second kappa shape index (κ2) is 7.61. The molecule has 6 heteroatoms. The minimum Gasteiger partial charge on any atom is -0.310 e. The fourth-order valence-corrected chi connectivity index (χ4v) is 5.43. The van der Waals surface area contributed by atoms with Crippen LogP contribution >= 0.6 is 66.4 Å². The third-order valence-electron chi connectivity index (χ3n) is 2.96. The molecular weight excluding hydrogens is 445 g/mol. The summed E-state index contributed by atoms with van der Waals surface area (Å²) in [6, 6.07) is 8.11. The first-order valence-electron chi connectivity index (χ1n) is 6.14. The third-order valence-corrected chi connectivity index (χ3v) is 6.21. The van der Waals surface area contributed by atoms with Gasteiger partial charge in [-0.3, -0.25) is 0 Å². The largest absolute Gasteiger partial charge is 0.310 e. The molecule has 1 atom stereocenters. The molecule has 0 aliphatic carbocycles. The Hall–Kier alpha value is 0.420. The summed E-state index contributed by atoms with van der Waals surface area (Å²) in [6.07, 6.45) is 0.801. The van der Waals surface area contributed by atoms with Crippen molar-refractivity contribution in [1.29, 1.82) is 0 Å². The Morgan fingerprint density at radius 1 is 1.30 bits per heavy atom. The topological polar surface area (TPSA) is 12.0 Å². The first-order chi connectivity index (χ1) is 9.52. The Labute approximate surface area is 149 Å². The van der Waals surface area contributed by atoms with Gasteiger partial charge in [0.05, 0.1) is 17.6 Å². The van der Waals surface area contributed by atoms with Gasteiger partial charge in [-0.2, -0.15) is 0 Å². The van der Waals surface area contributed by atoms with Crippen LogP contribution < -0.4 is 5.32 Å². The van der Waals surface area contributed by atoms with Crippen LogP contribution in [0.4, 0.5) is 0 Å². The van der Waals surface area contributed by atoms with Crippen LogP contribution in [0.2, 0.25) is 10.0 Å². The maximum Gasteiger partial charge on any atom is 0.0758 e. The molecule has 1 aromatic heterocycles. The van der Waals surface area contributed by atoms with Gasteiger partial charge in [-0.05, 0) is 68.1 Å². The number of likely N-dealkylation sites (N-methyl/N-ethyl adjacent to an activating group) is 1. The molecule has 0 saturated carbocycles. The third kappa shape index (κ3) is 3.99. The Morgan fingerprint density at radius 3 is 2.65 bits per heavy atom. The van der Waals surface area contributed by atoms with Gasteiger partial charge in [0.25, 0.3) is 0 Å². The van der Waals surface area contributed by atoms with Gasteiger partial charge >= 0.3 is 0 Å². The van der Waals surface area contributed by atoms with E-state index in [9.17, 15) is 0 Å². The van der Waals surface area contributed by atoms with Crippen LogP contribution in [0.5, 0.6) is 0 Å². The van der Waals surface area contributed by atoms with Crippen LogP contribution in [-0.2, 0) is 6.42 Å². The molecule has 0 amide bonds. The standard InChI is InChI=1S/C14H13Br2Cl2NS/c1-2-19-11(9-7-12(15)20-14(9)16)6-8-4-3-5-10(17)13(8)18/h3-5,7,11,19H,2,6H2,1H3. The molecule has 0 fully saturated rings. The van der Waals surface area contributed by atoms with E-state index in [2.05, 4.69) is 50.2 Å². The first kappa shape index (κ1) is 16.8. The molecule has 2 rings (SSSR count). The van der Waals surface area contributed by atoms with Gasteiger partial charge < -0.3 is 5.32 Å². The minimum absolute atomic E-state index is 0.202. The molecule has 108 valence electrons. The van der Waals surface area contributed by atoms with Crippen molar-refractivity contribution in [3.8, 4) is 0 Å². The van der Waals surface area contributed by atoms with E-state index in [0.717, 1.165) is 26.1 Å². The van der Waals surface area contributed by atoms with Gasteiger partial charge in [0.2, 0.25) is 0 Å². The van der Waals surface area contributed by atoms with Crippen LogP contribution in [0.25, 0.3) is 0 Å². The normalized spacial score (nSPS) is 12.7. The number of halogens is 4. The second-order valence-electron chi connectivity index (χ2n) is 4.31. The average Bonchev–Trinajstić information content (AvgIpc) is 2.73. The van der Waals surface area contributed by atoms with Crippen LogP contribution in [0.15, 0.2) is 31.8 Å². The van der Waals surface area contributed by atoms with Crippen LogP contribution in [-0.4, -0.2) is 6.54 Å². The highest BCUT2D eigenvalue weighted by Crippen LogP contribution is 2.37. The van der Waals surface area contributed by atoms with E-state index in [0.29, 0.717) is 10.0 Å². The van der Waals surface area contributed by atoms with Crippen molar-refractivity contribution < 1.29 is 0 Å². The van der Waals surface area contributed by atoms with Gasteiger partial charge in [-0.15, -0.1) is 11.3 Å². The lowest BCUT2D eigenvalue weighted by atomic mass is 10.0. The quantitative estimate of drug-likeness (QED) is 0.542. The molecule has 0 bridgehead atoms. The molecule has 1 N–H and O–H groups in total. The van der Waals surface area contributed by atoms with E-state index in [1.807, 2.05) is 18.2 Å². The number of rotatable bonds is 5. The molecular formula is C14H13Br2Cl2NS. The summed E-state index contributed by atoms with van der Waals surface area (Å²) in [5.74, 6) is 0. The number of thiophene rings is 1. The molecule has 0 saturated heterocycles. The average molecular weight is 458 g/mol. The van der Waals surface area contributed by atoms with Crippen molar-refractivity contribution in [2.75, 3.05) is 6.54 Å². The zero-order valence-electron chi connectivity index (χ0n) is 10.7.